The lowest BCUT2D eigenvalue weighted by Gasteiger charge is -2.11. The van der Waals surface area contributed by atoms with E-state index in [4.69, 9.17) is 4.74 Å². The van der Waals surface area contributed by atoms with E-state index in [1.165, 1.54) is 24.5 Å². The molecule has 162 valence electrons. The van der Waals surface area contributed by atoms with Crippen LogP contribution in [0.1, 0.15) is 0 Å². The molecule has 32 heavy (non-hydrogen) atoms. The van der Waals surface area contributed by atoms with Gasteiger partial charge in [-0.15, -0.1) is 0 Å². The number of benzene rings is 3. The lowest BCUT2D eigenvalue weighted by atomic mass is 10.1. The number of anilines is 3. The van der Waals surface area contributed by atoms with E-state index in [9.17, 15) is 12.8 Å². The van der Waals surface area contributed by atoms with Crippen molar-refractivity contribution in [2.45, 2.75) is 4.90 Å². The maximum absolute atomic E-state index is 13.8. The van der Waals surface area contributed by atoms with Crippen LogP contribution >= 0.6 is 0 Å². The summed E-state index contributed by atoms with van der Waals surface area (Å²) in [7, 11) is -2.43. The van der Waals surface area contributed by atoms with Gasteiger partial charge < -0.3 is 10.1 Å². The lowest BCUT2D eigenvalue weighted by Crippen LogP contribution is -2.14. The number of ether oxygens (including phenoxy) is 1. The van der Waals surface area contributed by atoms with Crippen molar-refractivity contribution in [2.24, 2.45) is 0 Å². The summed E-state index contributed by atoms with van der Waals surface area (Å²) in [5, 5.41) is 3.15. The monoisotopic (exact) mass is 450 g/mol. The molecule has 4 rings (SSSR count). The summed E-state index contributed by atoms with van der Waals surface area (Å²) < 4.78 is 46.3. The number of halogens is 1. The van der Waals surface area contributed by atoms with Crippen LogP contribution in [0, 0.1) is 5.82 Å². The van der Waals surface area contributed by atoms with Crippen molar-refractivity contribution < 1.29 is 17.5 Å². The summed E-state index contributed by atoms with van der Waals surface area (Å²) in [6.07, 6.45) is 1.45. The van der Waals surface area contributed by atoms with Gasteiger partial charge in [-0.25, -0.2) is 22.8 Å². The molecule has 0 saturated carbocycles. The highest BCUT2D eigenvalue weighted by Gasteiger charge is 2.18. The van der Waals surface area contributed by atoms with Crippen LogP contribution in [0.15, 0.2) is 90.1 Å². The highest BCUT2D eigenvalue weighted by molar-refractivity contribution is 7.92. The fraction of sp³-hybridized carbons (Fsp3) is 0.0435. The Hall–Kier alpha value is -3.98. The average Bonchev–Trinajstić information content (AvgIpc) is 2.80. The lowest BCUT2D eigenvalue weighted by molar-refractivity contribution is 0.415. The molecule has 1 aromatic heterocycles. The van der Waals surface area contributed by atoms with Crippen molar-refractivity contribution >= 4 is 27.2 Å². The van der Waals surface area contributed by atoms with Crippen molar-refractivity contribution in [1.82, 2.24) is 9.97 Å². The predicted molar refractivity (Wildman–Crippen MR) is 121 cm³/mol. The molecule has 0 saturated heterocycles. The first-order valence-corrected chi connectivity index (χ1v) is 11.0. The molecule has 0 radical (unpaired) electrons. The minimum absolute atomic E-state index is 0.304. The zero-order chi connectivity index (χ0) is 22.6. The maximum Gasteiger partial charge on any atom is 0.264 e. The maximum atomic E-state index is 13.8. The Morgan fingerprint density at radius 3 is 2.38 bits per heavy atom. The number of sulfonamides is 1. The Morgan fingerprint density at radius 1 is 0.875 bits per heavy atom. The normalized spacial score (nSPS) is 11.1. The van der Waals surface area contributed by atoms with Crippen molar-refractivity contribution in [3.63, 3.8) is 0 Å². The molecule has 2 N–H and O–H groups in total. The van der Waals surface area contributed by atoms with E-state index in [1.807, 2.05) is 24.3 Å². The highest BCUT2D eigenvalue weighted by Crippen LogP contribution is 2.25. The molecule has 0 aliphatic carbocycles. The van der Waals surface area contributed by atoms with Gasteiger partial charge >= 0.3 is 0 Å². The van der Waals surface area contributed by atoms with E-state index in [0.717, 1.165) is 23.1 Å². The summed E-state index contributed by atoms with van der Waals surface area (Å²) >= 11 is 0. The summed E-state index contributed by atoms with van der Waals surface area (Å²) in [6.45, 7) is 0. The average molecular weight is 450 g/mol. The fourth-order valence-electron chi connectivity index (χ4n) is 3.01. The van der Waals surface area contributed by atoms with Crippen LogP contribution in [0.25, 0.3) is 11.3 Å². The van der Waals surface area contributed by atoms with Crippen LogP contribution in [0.4, 0.5) is 21.6 Å². The second-order valence-corrected chi connectivity index (χ2v) is 8.41. The molecule has 9 heteroatoms. The van der Waals surface area contributed by atoms with Crippen LogP contribution in [-0.2, 0) is 10.0 Å². The van der Waals surface area contributed by atoms with Gasteiger partial charge in [0.05, 0.1) is 12.8 Å². The fourth-order valence-corrected chi connectivity index (χ4v) is 4.15. The minimum Gasteiger partial charge on any atom is -0.497 e. The minimum atomic E-state index is -4.03. The van der Waals surface area contributed by atoms with Crippen LogP contribution in [0.5, 0.6) is 5.75 Å². The molecule has 4 aromatic rings. The summed E-state index contributed by atoms with van der Waals surface area (Å²) in [6, 6.07) is 21.1. The van der Waals surface area contributed by atoms with Gasteiger partial charge in [0.25, 0.3) is 10.0 Å². The van der Waals surface area contributed by atoms with E-state index < -0.39 is 20.7 Å². The van der Waals surface area contributed by atoms with Gasteiger partial charge in [0, 0.05) is 23.0 Å². The zero-order valence-corrected chi connectivity index (χ0v) is 17.8. The largest absolute Gasteiger partial charge is 0.497 e. The Kier molecular flexibility index (Phi) is 6.00. The molecular weight excluding hydrogens is 431 g/mol. The summed E-state index contributed by atoms with van der Waals surface area (Å²) in [5.74, 6) is 0.482. The third-order valence-electron chi connectivity index (χ3n) is 4.57. The second kappa shape index (κ2) is 9.03. The molecule has 0 fully saturated rings. The van der Waals surface area contributed by atoms with E-state index in [2.05, 4.69) is 20.0 Å². The first-order valence-electron chi connectivity index (χ1n) is 9.55. The van der Waals surface area contributed by atoms with E-state index in [-0.39, 0.29) is 0 Å². The van der Waals surface area contributed by atoms with E-state index >= 15 is 0 Å². The number of nitrogens with zero attached hydrogens (tertiary/aromatic N) is 2. The third kappa shape index (κ3) is 4.84. The molecule has 3 aromatic carbocycles. The van der Waals surface area contributed by atoms with Gasteiger partial charge in [-0.1, -0.05) is 24.3 Å². The first-order chi connectivity index (χ1) is 15.4. The summed E-state index contributed by atoms with van der Waals surface area (Å²) in [4.78, 5) is 8.12. The zero-order valence-electron chi connectivity index (χ0n) is 17.0. The van der Waals surface area contributed by atoms with Gasteiger partial charge in [0.1, 0.15) is 28.6 Å². The molecular formula is C23H19FN4O3S. The number of rotatable bonds is 7. The number of hydrogen-bond donors (Lipinski definition) is 2. The highest BCUT2D eigenvalue weighted by atomic mass is 32.2. The van der Waals surface area contributed by atoms with Crippen molar-refractivity contribution in [3.8, 4) is 17.0 Å². The third-order valence-corrected chi connectivity index (χ3v) is 5.98. The van der Waals surface area contributed by atoms with Crippen LogP contribution in [0.2, 0.25) is 0 Å². The topological polar surface area (TPSA) is 93.2 Å². The van der Waals surface area contributed by atoms with Crippen LogP contribution in [0.3, 0.4) is 0 Å². The molecule has 0 amide bonds. The number of methoxy groups -OCH3 is 1. The molecule has 0 unspecified atom stereocenters. The van der Waals surface area contributed by atoms with Gasteiger partial charge in [0.2, 0.25) is 0 Å². The number of hydrogen-bond acceptors (Lipinski definition) is 6. The Labute approximate surface area is 185 Å². The number of nitrogens with one attached hydrogen (secondary N) is 2. The smallest absolute Gasteiger partial charge is 0.264 e. The molecule has 0 aliphatic rings. The summed E-state index contributed by atoms with van der Waals surface area (Å²) in [5.41, 5.74) is 2.59. The Morgan fingerprint density at radius 2 is 1.62 bits per heavy atom. The molecule has 0 spiro atoms. The van der Waals surface area contributed by atoms with Gasteiger partial charge in [-0.3, -0.25) is 4.72 Å². The predicted octanol–water partition coefficient (Wildman–Crippen LogP) is 4.84. The second-order valence-electron chi connectivity index (χ2n) is 6.76. The van der Waals surface area contributed by atoms with Crippen molar-refractivity contribution in [3.05, 3.63) is 91.0 Å². The molecule has 0 aliphatic heterocycles. The molecule has 0 bridgehead atoms. The van der Waals surface area contributed by atoms with Crippen molar-refractivity contribution in [2.75, 3.05) is 17.1 Å². The Bertz CT molecular complexity index is 1350. The molecule has 7 nitrogen and oxygen atoms in total. The van der Waals surface area contributed by atoms with Crippen LogP contribution in [-0.4, -0.2) is 25.5 Å². The SMILES string of the molecule is COc1cccc(-c2cc(Nc3ccc(NS(=O)(=O)c4ccccc4F)cc3)ncn2)c1. The number of aromatic nitrogens is 2. The van der Waals surface area contributed by atoms with Crippen LogP contribution < -0.4 is 14.8 Å². The molecule has 1 heterocycles. The van der Waals surface area contributed by atoms with Gasteiger partial charge in [-0.05, 0) is 48.5 Å². The molecule has 0 atom stereocenters. The first kappa shape index (κ1) is 21.3. The standard InChI is InChI=1S/C23H19FN4O3S/c1-31-19-6-4-5-16(13-19)21-14-23(26-15-25-21)27-17-9-11-18(12-10-17)28-32(29,30)22-8-3-2-7-20(22)24/h2-15,28H,1H3,(H,25,26,27). The van der Waals surface area contributed by atoms with E-state index in [1.54, 1.807) is 37.4 Å². The quantitative estimate of drug-likeness (QED) is 0.419. The van der Waals surface area contributed by atoms with Gasteiger partial charge in [0.15, 0.2) is 0 Å². The van der Waals surface area contributed by atoms with Crippen molar-refractivity contribution in [1.29, 1.82) is 0 Å². The van der Waals surface area contributed by atoms with E-state index in [0.29, 0.717) is 17.2 Å². The Balaban J connectivity index is 1.49. The van der Waals surface area contributed by atoms with Gasteiger partial charge in [-0.2, -0.15) is 0 Å².